The van der Waals surface area contributed by atoms with Crippen molar-refractivity contribution in [2.24, 2.45) is 11.7 Å². The summed E-state index contributed by atoms with van der Waals surface area (Å²) in [6.07, 6.45) is 4.19. The summed E-state index contributed by atoms with van der Waals surface area (Å²) in [5.41, 5.74) is 5.75. The van der Waals surface area contributed by atoms with Crippen molar-refractivity contribution in [3.05, 3.63) is 0 Å². The number of nitrogens with two attached hydrogens (primary N) is 1. The first-order valence-corrected chi connectivity index (χ1v) is 4.82. The summed E-state index contributed by atoms with van der Waals surface area (Å²) in [5.74, 6) is 0.751. The van der Waals surface area contributed by atoms with E-state index in [0.717, 1.165) is 38.8 Å². The van der Waals surface area contributed by atoms with Crippen molar-refractivity contribution >= 4 is 5.91 Å². The van der Waals surface area contributed by atoms with Crippen molar-refractivity contribution in [1.29, 1.82) is 0 Å². The molecular weight excluding hydrogens is 152 g/mol. The van der Waals surface area contributed by atoms with Gasteiger partial charge in [-0.15, -0.1) is 0 Å². The zero-order chi connectivity index (χ0) is 8.55. The molecule has 12 heavy (non-hydrogen) atoms. The van der Waals surface area contributed by atoms with E-state index in [9.17, 15) is 4.79 Å². The molecule has 68 valence electrons. The van der Waals surface area contributed by atoms with E-state index in [2.05, 4.69) is 0 Å². The second-order valence-corrected chi connectivity index (χ2v) is 3.94. The van der Waals surface area contributed by atoms with Crippen molar-refractivity contribution in [2.75, 3.05) is 13.1 Å². The van der Waals surface area contributed by atoms with E-state index in [4.69, 9.17) is 5.73 Å². The first-order chi connectivity index (χ1) is 5.77. The molecule has 1 aliphatic carbocycles. The van der Waals surface area contributed by atoms with Gasteiger partial charge < -0.3 is 10.6 Å². The van der Waals surface area contributed by atoms with Crippen LogP contribution >= 0.6 is 0 Å². The second kappa shape index (κ2) is 3.05. The van der Waals surface area contributed by atoms with Crippen LogP contribution in [-0.4, -0.2) is 29.9 Å². The molecule has 3 heteroatoms. The fourth-order valence-corrected chi connectivity index (χ4v) is 1.71. The molecule has 3 nitrogen and oxygen atoms in total. The molecule has 2 fully saturated rings. The molecule has 1 amide bonds. The Kier molecular flexibility index (Phi) is 2.05. The number of rotatable bonds is 1. The molecule has 0 aromatic carbocycles. The third-order valence-corrected chi connectivity index (χ3v) is 2.78. The van der Waals surface area contributed by atoms with Crippen molar-refractivity contribution in [3.63, 3.8) is 0 Å². The Morgan fingerprint density at radius 3 is 2.25 bits per heavy atom. The quantitative estimate of drug-likeness (QED) is 0.614. The zero-order valence-electron chi connectivity index (χ0n) is 7.33. The fraction of sp³-hybridized carbons (Fsp3) is 0.889. The first-order valence-electron chi connectivity index (χ1n) is 4.82. The molecule has 1 heterocycles. The number of likely N-dealkylation sites (tertiary alicyclic amines) is 1. The van der Waals surface area contributed by atoms with Crippen LogP contribution in [-0.2, 0) is 4.79 Å². The number of hydrogen-bond acceptors (Lipinski definition) is 2. The van der Waals surface area contributed by atoms with Gasteiger partial charge in [-0.25, -0.2) is 0 Å². The van der Waals surface area contributed by atoms with Crippen LogP contribution in [0, 0.1) is 5.92 Å². The molecular formula is C9H16N2O. The summed E-state index contributed by atoms with van der Waals surface area (Å²) in [5, 5.41) is 0. The lowest BCUT2D eigenvalue weighted by Gasteiger charge is -2.30. The number of carbonyl (C=O) groups excluding carboxylic acids is 1. The van der Waals surface area contributed by atoms with Crippen molar-refractivity contribution in [1.82, 2.24) is 4.90 Å². The lowest BCUT2D eigenvalue weighted by Crippen LogP contribution is -2.43. The minimum absolute atomic E-state index is 0.327. The Balaban J connectivity index is 1.84. The Hall–Kier alpha value is -0.570. The maximum Gasteiger partial charge on any atom is 0.225 e. The highest BCUT2D eigenvalue weighted by molar-refractivity contribution is 5.81. The fourth-order valence-electron chi connectivity index (χ4n) is 1.71. The monoisotopic (exact) mass is 168 g/mol. The summed E-state index contributed by atoms with van der Waals surface area (Å²) in [7, 11) is 0. The Bertz CT molecular complexity index is 181. The van der Waals surface area contributed by atoms with Gasteiger partial charge in [-0.1, -0.05) is 0 Å². The molecule has 0 spiro atoms. The molecule has 1 saturated carbocycles. The van der Waals surface area contributed by atoms with Gasteiger partial charge in [0.25, 0.3) is 0 Å². The van der Waals surface area contributed by atoms with Gasteiger partial charge in [-0.05, 0) is 25.7 Å². The Morgan fingerprint density at radius 1 is 1.17 bits per heavy atom. The van der Waals surface area contributed by atoms with E-state index in [1.165, 1.54) is 0 Å². The van der Waals surface area contributed by atoms with E-state index in [-0.39, 0.29) is 0 Å². The number of piperidine rings is 1. The van der Waals surface area contributed by atoms with Gasteiger partial charge in [0.15, 0.2) is 0 Å². The van der Waals surface area contributed by atoms with Gasteiger partial charge in [-0.3, -0.25) is 4.79 Å². The van der Waals surface area contributed by atoms with Crippen LogP contribution in [0.25, 0.3) is 0 Å². The van der Waals surface area contributed by atoms with Gasteiger partial charge in [0.1, 0.15) is 0 Å². The molecule has 1 saturated heterocycles. The van der Waals surface area contributed by atoms with Crippen LogP contribution in [0.1, 0.15) is 25.7 Å². The van der Waals surface area contributed by atoms with Crippen molar-refractivity contribution in [2.45, 2.75) is 31.7 Å². The van der Waals surface area contributed by atoms with Gasteiger partial charge in [0, 0.05) is 25.0 Å². The minimum atomic E-state index is 0.327. The van der Waals surface area contributed by atoms with Gasteiger partial charge in [0.05, 0.1) is 0 Å². The second-order valence-electron chi connectivity index (χ2n) is 3.94. The lowest BCUT2D eigenvalue weighted by atomic mass is 10.1. The molecule has 2 aliphatic rings. The van der Waals surface area contributed by atoms with Crippen molar-refractivity contribution < 1.29 is 4.79 Å². The normalized spacial score (nSPS) is 25.9. The predicted octanol–water partition coefficient (Wildman–Crippen LogP) is 0.346. The highest BCUT2D eigenvalue weighted by atomic mass is 16.2. The molecule has 0 radical (unpaired) electrons. The lowest BCUT2D eigenvalue weighted by molar-refractivity contribution is -0.133. The van der Waals surface area contributed by atoms with Gasteiger partial charge >= 0.3 is 0 Å². The van der Waals surface area contributed by atoms with Crippen LogP contribution in [0.5, 0.6) is 0 Å². The highest BCUT2D eigenvalue weighted by Crippen LogP contribution is 2.31. The molecule has 2 rings (SSSR count). The largest absolute Gasteiger partial charge is 0.342 e. The summed E-state index contributed by atoms with van der Waals surface area (Å²) in [4.78, 5) is 13.5. The SMILES string of the molecule is NC1CCN(C(=O)C2CC2)CC1. The summed E-state index contributed by atoms with van der Waals surface area (Å²) >= 11 is 0. The van der Waals surface area contributed by atoms with Crippen LogP contribution in [0.3, 0.4) is 0 Å². The third-order valence-electron chi connectivity index (χ3n) is 2.78. The van der Waals surface area contributed by atoms with E-state index in [0.29, 0.717) is 17.9 Å². The number of amides is 1. The number of hydrogen-bond donors (Lipinski definition) is 1. The van der Waals surface area contributed by atoms with E-state index in [1.807, 2.05) is 4.90 Å². The molecule has 1 aliphatic heterocycles. The minimum Gasteiger partial charge on any atom is -0.342 e. The topological polar surface area (TPSA) is 46.3 Å². The van der Waals surface area contributed by atoms with Crippen LogP contribution in [0.2, 0.25) is 0 Å². The molecule has 0 aromatic rings. The summed E-state index contributed by atoms with van der Waals surface area (Å²) < 4.78 is 0. The van der Waals surface area contributed by atoms with E-state index < -0.39 is 0 Å². The maximum absolute atomic E-state index is 11.6. The summed E-state index contributed by atoms with van der Waals surface area (Å²) in [6, 6.07) is 0.327. The van der Waals surface area contributed by atoms with Crippen LogP contribution in [0.4, 0.5) is 0 Å². The average Bonchev–Trinajstić information content (AvgIpc) is 2.87. The standard InChI is InChI=1S/C9H16N2O/c10-8-3-5-11(6-4-8)9(12)7-1-2-7/h7-8H,1-6,10H2. The predicted molar refractivity (Wildman–Crippen MR) is 46.5 cm³/mol. The molecule has 0 atom stereocenters. The Labute approximate surface area is 72.9 Å². The third kappa shape index (κ3) is 1.61. The number of carbonyl (C=O) groups is 1. The number of nitrogens with zero attached hydrogens (tertiary/aromatic N) is 1. The Morgan fingerprint density at radius 2 is 1.75 bits per heavy atom. The summed E-state index contributed by atoms with van der Waals surface area (Å²) in [6.45, 7) is 1.77. The molecule has 0 aromatic heterocycles. The van der Waals surface area contributed by atoms with Crippen LogP contribution < -0.4 is 5.73 Å². The molecule has 0 unspecified atom stereocenters. The van der Waals surface area contributed by atoms with Gasteiger partial charge in [-0.2, -0.15) is 0 Å². The van der Waals surface area contributed by atoms with Crippen molar-refractivity contribution in [3.8, 4) is 0 Å². The van der Waals surface area contributed by atoms with E-state index in [1.54, 1.807) is 0 Å². The zero-order valence-corrected chi connectivity index (χ0v) is 7.33. The highest BCUT2D eigenvalue weighted by Gasteiger charge is 2.34. The molecule has 0 bridgehead atoms. The smallest absolute Gasteiger partial charge is 0.225 e. The molecule has 2 N–H and O–H groups in total. The first kappa shape index (κ1) is 8.05. The van der Waals surface area contributed by atoms with Crippen LogP contribution in [0.15, 0.2) is 0 Å². The van der Waals surface area contributed by atoms with Gasteiger partial charge in [0.2, 0.25) is 5.91 Å². The van der Waals surface area contributed by atoms with E-state index >= 15 is 0 Å². The average molecular weight is 168 g/mol. The maximum atomic E-state index is 11.6.